The highest BCUT2D eigenvalue weighted by molar-refractivity contribution is 5.90. The van der Waals surface area contributed by atoms with Crippen LogP contribution in [-0.4, -0.2) is 149 Å². The van der Waals surface area contributed by atoms with E-state index in [0.29, 0.717) is 71.1 Å². The Morgan fingerprint density at radius 2 is 1.17 bits per heavy atom. The third kappa shape index (κ3) is 43.7. The Morgan fingerprint density at radius 3 is 1.78 bits per heavy atom. The number of ether oxygens (including phenoxy) is 4. The molecule has 0 spiro atoms. The van der Waals surface area contributed by atoms with Gasteiger partial charge in [-0.25, -0.2) is 4.79 Å². The van der Waals surface area contributed by atoms with E-state index in [9.17, 15) is 53.1 Å². The first-order chi connectivity index (χ1) is 39.2. The Hall–Kier alpha value is -4.66. The molecule has 0 aliphatic carbocycles. The number of carbonyl (C=O) groups excluding carboxylic acids is 9. The van der Waals surface area contributed by atoms with Gasteiger partial charge in [-0.2, -0.15) is 0 Å². The molecule has 81 heavy (non-hydrogen) atoms. The molecule has 5 amide bonds. The van der Waals surface area contributed by atoms with Gasteiger partial charge in [0.2, 0.25) is 29.5 Å². The molecular formula is C61H107N5O15. The van der Waals surface area contributed by atoms with Crippen molar-refractivity contribution >= 4 is 58.6 Å². The van der Waals surface area contributed by atoms with Crippen LogP contribution in [0.25, 0.3) is 0 Å². The van der Waals surface area contributed by atoms with Gasteiger partial charge in [0.25, 0.3) is 0 Å². The number of carbonyl (C=O) groups is 10. The van der Waals surface area contributed by atoms with Gasteiger partial charge in [-0.05, 0) is 71.1 Å². The first kappa shape index (κ1) is 74.4. The maximum Gasteiger partial charge on any atom is 0.326 e. The Balaban J connectivity index is 2.07. The topological polar surface area (TPSA) is 288 Å². The molecule has 1 heterocycles. The Bertz CT molecular complexity index is 1780. The number of aliphatic carboxylic acids is 1. The lowest BCUT2D eigenvalue weighted by Gasteiger charge is -2.19. The smallest absolute Gasteiger partial charge is 0.326 e. The van der Waals surface area contributed by atoms with Crippen molar-refractivity contribution in [2.75, 3.05) is 79.0 Å². The average molecular weight is 1150 g/mol. The van der Waals surface area contributed by atoms with Gasteiger partial charge in [-0.15, -0.1) is 0 Å². The lowest BCUT2D eigenvalue weighted by Crippen LogP contribution is -2.41. The minimum Gasteiger partial charge on any atom is -0.480 e. The van der Waals surface area contributed by atoms with E-state index in [1.165, 1.54) is 77.6 Å². The Morgan fingerprint density at radius 1 is 0.580 bits per heavy atom. The van der Waals surface area contributed by atoms with Crippen LogP contribution < -0.4 is 26.6 Å². The predicted molar refractivity (Wildman–Crippen MR) is 310 cm³/mol. The van der Waals surface area contributed by atoms with Crippen LogP contribution in [0.4, 0.5) is 0 Å². The van der Waals surface area contributed by atoms with Gasteiger partial charge in [0.15, 0.2) is 0 Å². The molecule has 1 fully saturated rings. The van der Waals surface area contributed by atoms with Crippen molar-refractivity contribution in [2.24, 2.45) is 17.8 Å². The molecule has 20 nitrogen and oxygen atoms in total. The molecule has 0 aromatic heterocycles. The number of ketones is 4. The predicted octanol–water partition coefficient (Wildman–Crippen LogP) is 7.77. The average Bonchev–Trinajstić information content (AvgIpc) is 3.44. The number of nitrogens with one attached hydrogen (secondary N) is 5. The zero-order valence-electron chi connectivity index (χ0n) is 50.1. The van der Waals surface area contributed by atoms with Crippen LogP contribution in [0.15, 0.2) is 0 Å². The molecule has 0 saturated carbocycles. The van der Waals surface area contributed by atoms with Crippen LogP contribution in [-0.2, 0) is 66.9 Å². The van der Waals surface area contributed by atoms with Gasteiger partial charge in [0.1, 0.15) is 42.4 Å². The third-order valence-corrected chi connectivity index (χ3v) is 14.8. The van der Waals surface area contributed by atoms with E-state index in [1.807, 2.05) is 6.92 Å². The van der Waals surface area contributed by atoms with E-state index in [2.05, 4.69) is 33.5 Å². The van der Waals surface area contributed by atoms with Crippen LogP contribution in [0, 0.1) is 17.8 Å². The number of hydrogen-bond donors (Lipinski definition) is 6. The van der Waals surface area contributed by atoms with Gasteiger partial charge >= 0.3 is 5.97 Å². The number of carboxylic acid groups (broad SMARTS) is 1. The minimum atomic E-state index is -1.15. The molecule has 4 atom stereocenters. The summed E-state index contributed by atoms with van der Waals surface area (Å²) in [6.07, 6.45) is 24.9. The van der Waals surface area contributed by atoms with Crippen molar-refractivity contribution in [3.8, 4) is 0 Å². The van der Waals surface area contributed by atoms with Gasteiger partial charge in [0.05, 0.1) is 39.6 Å². The summed E-state index contributed by atoms with van der Waals surface area (Å²) in [6, 6.07) is -1.10. The zero-order valence-corrected chi connectivity index (χ0v) is 50.1. The van der Waals surface area contributed by atoms with Gasteiger partial charge in [-0.3, -0.25) is 43.2 Å². The first-order valence-corrected chi connectivity index (χ1v) is 31.1. The third-order valence-electron chi connectivity index (χ3n) is 14.8. The molecule has 20 heteroatoms. The Kier molecular flexibility index (Phi) is 46.8. The summed E-state index contributed by atoms with van der Waals surface area (Å²) >= 11 is 0. The normalized spacial score (nSPS) is 16.3. The SMILES string of the molecule is CCCCCCCCCCCCCCCCCC(=O)NC(CCC(=O)CCCOCCOCC(=O)NCCOCCOCC(=O)NCCCC[C@H](CC)C(=O)CC[C@H]1CC(=O)NCC(=O)NCCCC[C@@H](C(C)=O)CCC1=O)C(=O)O. The lowest BCUT2D eigenvalue weighted by molar-refractivity contribution is -0.142. The molecule has 1 unspecified atom stereocenters. The number of amides is 5. The Labute approximate surface area is 484 Å². The molecule has 466 valence electrons. The number of Topliss-reactive ketones (excluding diaryl/α,β-unsaturated/α-hetero) is 4. The van der Waals surface area contributed by atoms with Gasteiger partial charge in [0, 0.05) is 82.5 Å². The lowest BCUT2D eigenvalue weighted by atomic mass is 9.84. The fourth-order valence-electron chi connectivity index (χ4n) is 9.70. The highest BCUT2D eigenvalue weighted by Crippen LogP contribution is 2.24. The van der Waals surface area contributed by atoms with Crippen molar-refractivity contribution in [3.63, 3.8) is 0 Å². The van der Waals surface area contributed by atoms with Crippen LogP contribution >= 0.6 is 0 Å². The van der Waals surface area contributed by atoms with Crippen LogP contribution in [0.2, 0.25) is 0 Å². The van der Waals surface area contributed by atoms with Crippen LogP contribution in [0.5, 0.6) is 0 Å². The second-order valence-corrected chi connectivity index (χ2v) is 21.8. The summed E-state index contributed by atoms with van der Waals surface area (Å²) in [5.41, 5.74) is 0. The highest BCUT2D eigenvalue weighted by atomic mass is 16.5. The molecule has 1 saturated heterocycles. The number of carboxylic acids is 1. The molecule has 6 N–H and O–H groups in total. The van der Waals surface area contributed by atoms with Crippen molar-refractivity contribution < 1.29 is 72.0 Å². The fraction of sp³-hybridized carbons (Fsp3) is 0.836. The van der Waals surface area contributed by atoms with Crippen molar-refractivity contribution in [1.29, 1.82) is 0 Å². The van der Waals surface area contributed by atoms with Gasteiger partial charge in [-0.1, -0.05) is 117 Å². The van der Waals surface area contributed by atoms with Crippen molar-refractivity contribution in [3.05, 3.63) is 0 Å². The highest BCUT2D eigenvalue weighted by Gasteiger charge is 2.27. The summed E-state index contributed by atoms with van der Waals surface area (Å²) in [4.78, 5) is 125. The van der Waals surface area contributed by atoms with E-state index in [1.54, 1.807) is 0 Å². The molecule has 0 bridgehead atoms. The summed E-state index contributed by atoms with van der Waals surface area (Å²) in [5, 5.41) is 23.0. The van der Waals surface area contributed by atoms with Crippen molar-refractivity contribution in [1.82, 2.24) is 26.6 Å². The molecule has 0 radical (unpaired) electrons. The quantitative estimate of drug-likeness (QED) is 0.0317. The summed E-state index contributed by atoms with van der Waals surface area (Å²) in [5.74, 6) is -4.20. The molecule has 1 aliphatic rings. The molecule has 0 aromatic carbocycles. The van der Waals surface area contributed by atoms with Crippen LogP contribution in [0.3, 0.4) is 0 Å². The summed E-state index contributed by atoms with van der Waals surface area (Å²) in [7, 11) is 0. The second-order valence-electron chi connectivity index (χ2n) is 21.8. The monoisotopic (exact) mass is 1150 g/mol. The van der Waals surface area contributed by atoms with Crippen molar-refractivity contribution in [2.45, 2.75) is 232 Å². The number of rotatable bonds is 49. The number of unbranched alkanes of at least 4 members (excludes halogenated alkanes) is 15. The van der Waals surface area contributed by atoms with Gasteiger partial charge < -0.3 is 50.6 Å². The molecule has 1 aliphatic heterocycles. The number of hydrogen-bond acceptors (Lipinski definition) is 14. The maximum absolute atomic E-state index is 13.3. The fourth-order valence-corrected chi connectivity index (χ4v) is 9.70. The molecule has 0 aromatic rings. The minimum absolute atomic E-state index is 0.0139. The second kappa shape index (κ2) is 51.0. The van der Waals surface area contributed by atoms with E-state index in [-0.39, 0.29) is 169 Å². The van der Waals surface area contributed by atoms with E-state index in [0.717, 1.165) is 32.1 Å². The standard InChI is InChI=1S/C61H107N5O15/c1-4-6-7-8-9-10-11-12-13-14-15-16-17-18-19-28-56(71)66-53(61(76)77)32-31-52(68)27-24-38-78-40-42-80-47-60(75)64-37-39-79-41-43-81-46-59(74)63-36-22-20-25-49(5-2)54(69)34-30-51-44-57(72)65-45-58(73)62-35-23-21-26-50(48(3)67)29-33-55(51)70/h49-51,53H,4-47H2,1-3H3,(H,62,73)(H,63,74)(H,64,75)(H,65,72)(H,66,71)(H,76,77)/t49-,50+,51-,53?/m0/s1. The van der Waals surface area contributed by atoms with E-state index in [4.69, 9.17) is 18.9 Å². The first-order valence-electron chi connectivity index (χ1n) is 31.1. The maximum atomic E-state index is 13.3. The van der Waals surface area contributed by atoms with E-state index >= 15 is 0 Å². The largest absolute Gasteiger partial charge is 0.480 e. The van der Waals surface area contributed by atoms with E-state index < -0.39 is 23.8 Å². The molecule has 1 rings (SSSR count). The zero-order chi connectivity index (χ0) is 59.6. The van der Waals surface area contributed by atoms with Crippen LogP contribution in [0.1, 0.15) is 226 Å². The molecular weight excluding hydrogens is 1040 g/mol. The summed E-state index contributed by atoms with van der Waals surface area (Å²) < 4.78 is 21.7. The summed E-state index contributed by atoms with van der Waals surface area (Å²) in [6.45, 7) is 7.64.